The van der Waals surface area contributed by atoms with Gasteiger partial charge in [0, 0.05) is 10.9 Å². The van der Waals surface area contributed by atoms with Gasteiger partial charge in [0.05, 0.1) is 12.1 Å². The maximum atomic E-state index is 12.0. The summed E-state index contributed by atoms with van der Waals surface area (Å²) in [4.78, 5) is 16.5. The Labute approximate surface area is 137 Å². The van der Waals surface area contributed by atoms with E-state index < -0.39 is 0 Å². The lowest BCUT2D eigenvalue weighted by Crippen LogP contribution is -2.13. The lowest BCUT2D eigenvalue weighted by atomic mass is 10.0. The SMILES string of the molecule is Cc1ccc(-c2csc(NC(=O)Cc3ccsc3)n2)c(C)c1. The highest BCUT2D eigenvalue weighted by Gasteiger charge is 2.10. The van der Waals surface area contributed by atoms with Crippen molar-refractivity contribution in [2.45, 2.75) is 20.3 Å². The van der Waals surface area contributed by atoms with Crippen molar-refractivity contribution in [3.63, 3.8) is 0 Å². The minimum Gasteiger partial charge on any atom is -0.302 e. The molecular weight excluding hydrogens is 312 g/mol. The van der Waals surface area contributed by atoms with Gasteiger partial charge in [-0.25, -0.2) is 4.98 Å². The van der Waals surface area contributed by atoms with Crippen molar-refractivity contribution in [2.24, 2.45) is 0 Å². The summed E-state index contributed by atoms with van der Waals surface area (Å²) in [7, 11) is 0. The number of rotatable bonds is 4. The maximum Gasteiger partial charge on any atom is 0.230 e. The smallest absolute Gasteiger partial charge is 0.230 e. The number of thiophene rings is 1. The lowest BCUT2D eigenvalue weighted by Gasteiger charge is -2.03. The Morgan fingerprint density at radius 2 is 2.09 bits per heavy atom. The first kappa shape index (κ1) is 14.9. The summed E-state index contributed by atoms with van der Waals surface area (Å²) >= 11 is 3.06. The topological polar surface area (TPSA) is 42.0 Å². The molecule has 0 unspecified atom stereocenters. The van der Waals surface area contributed by atoms with Crippen LogP contribution in [-0.4, -0.2) is 10.9 Å². The quantitative estimate of drug-likeness (QED) is 0.756. The molecule has 3 aromatic rings. The number of hydrogen-bond acceptors (Lipinski definition) is 4. The number of carbonyl (C=O) groups is 1. The molecule has 0 spiro atoms. The molecule has 0 fully saturated rings. The fourth-order valence-corrected chi connectivity index (χ4v) is 3.69. The number of aryl methyl sites for hydroxylation is 2. The minimum atomic E-state index is -0.0278. The first-order valence-corrected chi connectivity index (χ1v) is 8.78. The molecule has 22 heavy (non-hydrogen) atoms. The summed E-state index contributed by atoms with van der Waals surface area (Å²) in [6.07, 6.45) is 0.391. The molecule has 2 aromatic heterocycles. The molecule has 0 aliphatic carbocycles. The van der Waals surface area contributed by atoms with E-state index >= 15 is 0 Å². The van der Waals surface area contributed by atoms with E-state index in [0.29, 0.717) is 11.6 Å². The minimum absolute atomic E-state index is 0.0278. The second kappa shape index (κ2) is 6.42. The van der Waals surface area contributed by atoms with Crippen LogP contribution >= 0.6 is 22.7 Å². The molecule has 0 aliphatic rings. The van der Waals surface area contributed by atoms with Gasteiger partial charge in [-0.1, -0.05) is 23.8 Å². The predicted molar refractivity (Wildman–Crippen MR) is 93.7 cm³/mol. The van der Waals surface area contributed by atoms with Crippen LogP contribution in [0.25, 0.3) is 11.3 Å². The van der Waals surface area contributed by atoms with Crippen LogP contribution in [0.5, 0.6) is 0 Å². The van der Waals surface area contributed by atoms with E-state index in [1.54, 1.807) is 11.3 Å². The second-order valence-corrected chi connectivity index (χ2v) is 6.85. The van der Waals surface area contributed by atoms with Gasteiger partial charge >= 0.3 is 0 Å². The normalized spacial score (nSPS) is 10.6. The fourth-order valence-electron chi connectivity index (χ4n) is 2.30. The number of thiazole rings is 1. The van der Waals surface area contributed by atoms with Crippen LogP contribution in [0.3, 0.4) is 0 Å². The third-order valence-electron chi connectivity index (χ3n) is 3.35. The molecule has 3 nitrogen and oxygen atoms in total. The van der Waals surface area contributed by atoms with Crippen LogP contribution in [0.2, 0.25) is 0 Å². The number of amides is 1. The van der Waals surface area contributed by atoms with Gasteiger partial charge in [-0.2, -0.15) is 11.3 Å². The maximum absolute atomic E-state index is 12.0. The van der Waals surface area contributed by atoms with Gasteiger partial charge in [-0.05, 0) is 41.8 Å². The zero-order chi connectivity index (χ0) is 15.5. The number of aromatic nitrogens is 1. The van der Waals surface area contributed by atoms with Gasteiger partial charge in [0.2, 0.25) is 5.91 Å². The monoisotopic (exact) mass is 328 g/mol. The number of nitrogens with zero attached hydrogens (tertiary/aromatic N) is 1. The molecule has 0 saturated carbocycles. The first-order chi connectivity index (χ1) is 10.6. The Morgan fingerprint density at radius 1 is 1.23 bits per heavy atom. The van der Waals surface area contributed by atoms with Crippen LogP contribution < -0.4 is 5.32 Å². The van der Waals surface area contributed by atoms with Gasteiger partial charge in [0.25, 0.3) is 0 Å². The Bertz CT molecular complexity index is 791. The third kappa shape index (κ3) is 3.43. The van der Waals surface area contributed by atoms with Crippen molar-refractivity contribution < 1.29 is 4.79 Å². The Balaban J connectivity index is 1.72. The summed E-state index contributed by atoms with van der Waals surface area (Å²) in [5, 5.41) is 9.47. The molecule has 0 saturated heterocycles. The lowest BCUT2D eigenvalue weighted by molar-refractivity contribution is -0.115. The molecule has 3 rings (SSSR count). The van der Waals surface area contributed by atoms with Crippen molar-refractivity contribution in [3.05, 3.63) is 57.1 Å². The van der Waals surface area contributed by atoms with Gasteiger partial charge < -0.3 is 5.32 Å². The number of anilines is 1. The summed E-state index contributed by atoms with van der Waals surface area (Å²) in [5.74, 6) is -0.0278. The van der Waals surface area contributed by atoms with E-state index in [9.17, 15) is 4.79 Å². The number of hydrogen-bond donors (Lipinski definition) is 1. The van der Waals surface area contributed by atoms with E-state index in [-0.39, 0.29) is 5.91 Å². The molecule has 0 aliphatic heterocycles. The Hall–Kier alpha value is -1.98. The highest BCUT2D eigenvalue weighted by molar-refractivity contribution is 7.14. The van der Waals surface area contributed by atoms with Gasteiger partial charge in [-0.3, -0.25) is 4.79 Å². The number of carbonyl (C=O) groups excluding carboxylic acids is 1. The van der Waals surface area contributed by atoms with E-state index in [1.807, 2.05) is 22.2 Å². The zero-order valence-electron chi connectivity index (χ0n) is 12.4. The standard InChI is InChI=1S/C17H16N2OS2/c1-11-3-4-14(12(2)7-11)15-10-22-17(18-15)19-16(20)8-13-5-6-21-9-13/h3-7,9-10H,8H2,1-2H3,(H,18,19,20). The van der Waals surface area contributed by atoms with Crippen molar-refractivity contribution in [3.8, 4) is 11.3 Å². The highest BCUT2D eigenvalue weighted by Crippen LogP contribution is 2.28. The van der Waals surface area contributed by atoms with Gasteiger partial charge in [0.15, 0.2) is 5.13 Å². The van der Waals surface area contributed by atoms with E-state index in [0.717, 1.165) is 16.8 Å². The van der Waals surface area contributed by atoms with E-state index in [2.05, 4.69) is 42.3 Å². The van der Waals surface area contributed by atoms with Crippen LogP contribution in [0.1, 0.15) is 16.7 Å². The van der Waals surface area contributed by atoms with Crippen LogP contribution in [-0.2, 0) is 11.2 Å². The first-order valence-electron chi connectivity index (χ1n) is 6.96. The molecule has 5 heteroatoms. The summed E-state index contributed by atoms with van der Waals surface area (Å²) < 4.78 is 0. The molecule has 0 atom stereocenters. The van der Waals surface area contributed by atoms with Gasteiger partial charge in [0.1, 0.15) is 0 Å². The van der Waals surface area contributed by atoms with Crippen LogP contribution in [0.4, 0.5) is 5.13 Å². The summed E-state index contributed by atoms with van der Waals surface area (Å²) in [6, 6.07) is 8.27. The molecule has 112 valence electrons. The number of nitrogens with one attached hydrogen (secondary N) is 1. The largest absolute Gasteiger partial charge is 0.302 e. The van der Waals surface area contributed by atoms with Crippen molar-refractivity contribution in [2.75, 3.05) is 5.32 Å². The summed E-state index contributed by atoms with van der Waals surface area (Å²) in [6.45, 7) is 4.16. The molecule has 0 bridgehead atoms. The van der Waals surface area contributed by atoms with Crippen molar-refractivity contribution >= 4 is 33.7 Å². The average molecular weight is 328 g/mol. The van der Waals surface area contributed by atoms with E-state index in [4.69, 9.17) is 0 Å². The molecule has 0 radical (unpaired) electrons. The Kier molecular flexibility index (Phi) is 4.36. The van der Waals surface area contributed by atoms with Gasteiger partial charge in [-0.15, -0.1) is 11.3 Å². The van der Waals surface area contributed by atoms with Crippen molar-refractivity contribution in [1.29, 1.82) is 0 Å². The molecule has 1 amide bonds. The predicted octanol–water partition coefficient (Wildman–Crippen LogP) is 4.67. The van der Waals surface area contributed by atoms with E-state index in [1.165, 1.54) is 22.5 Å². The number of benzene rings is 1. The fraction of sp³-hybridized carbons (Fsp3) is 0.176. The van der Waals surface area contributed by atoms with Crippen LogP contribution in [0, 0.1) is 13.8 Å². The van der Waals surface area contributed by atoms with Crippen LogP contribution in [0.15, 0.2) is 40.4 Å². The molecule has 1 aromatic carbocycles. The van der Waals surface area contributed by atoms with Crippen molar-refractivity contribution in [1.82, 2.24) is 4.98 Å². The average Bonchev–Trinajstić information content (AvgIpc) is 3.10. The summed E-state index contributed by atoms with van der Waals surface area (Å²) in [5.41, 5.74) is 5.49. The highest BCUT2D eigenvalue weighted by atomic mass is 32.1. The second-order valence-electron chi connectivity index (χ2n) is 5.21. The molecular formula is C17H16N2OS2. The molecule has 1 N–H and O–H groups in total. The molecule has 2 heterocycles. The third-order valence-corrected chi connectivity index (χ3v) is 4.84. The Morgan fingerprint density at radius 3 is 2.82 bits per heavy atom. The zero-order valence-corrected chi connectivity index (χ0v) is 14.1.